The van der Waals surface area contributed by atoms with Crippen LogP contribution in [0, 0.1) is 6.92 Å². The van der Waals surface area contributed by atoms with Gasteiger partial charge >= 0.3 is 0 Å². The van der Waals surface area contributed by atoms with Crippen molar-refractivity contribution in [1.82, 2.24) is 19.7 Å². The molecular formula is C16H11ClN4O2. The lowest BCUT2D eigenvalue weighted by molar-refractivity contribution is 0.457. The molecule has 3 aromatic heterocycles. The Morgan fingerprint density at radius 2 is 2.13 bits per heavy atom. The van der Waals surface area contributed by atoms with Crippen molar-refractivity contribution in [3.8, 4) is 22.8 Å². The van der Waals surface area contributed by atoms with Crippen molar-refractivity contribution in [2.45, 2.75) is 6.92 Å². The largest absolute Gasteiger partial charge is 0.493 e. The van der Waals surface area contributed by atoms with Crippen molar-refractivity contribution in [2.75, 3.05) is 0 Å². The zero-order valence-electron chi connectivity index (χ0n) is 12.1. The predicted octanol–water partition coefficient (Wildman–Crippen LogP) is 3.74. The second kappa shape index (κ2) is 5.10. The van der Waals surface area contributed by atoms with Crippen LogP contribution >= 0.6 is 11.6 Å². The summed E-state index contributed by atoms with van der Waals surface area (Å²) in [7, 11) is 0. The van der Waals surface area contributed by atoms with E-state index < -0.39 is 0 Å². The van der Waals surface area contributed by atoms with Gasteiger partial charge in [0.15, 0.2) is 5.89 Å². The average molecular weight is 327 g/mol. The van der Waals surface area contributed by atoms with Crippen LogP contribution in [0.3, 0.4) is 0 Å². The maximum atomic E-state index is 10.5. The van der Waals surface area contributed by atoms with Gasteiger partial charge in [-0.05, 0) is 24.3 Å². The van der Waals surface area contributed by atoms with Gasteiger partial charge in [-0.25, -0.2) is 14.6 Å². The van der Waals surface area contributed by atoms with Gasteiger partial charge in [0, 0.05) is 29.7 Å². The Morgan fingerprint density at radius 1 is 1.26 bits per heavy atom. The summed E-state index contributed by atoms with van der Waals surface area (Å²) in [5.74, 6) is 0.357. The van der Waals surface area contributed by atoms with Crippen molar-refractivity contribution in [2.24, 2.45) is 0 Å². The molecule has 0 aliphatic heterocycles. The first-order chi connectivity index (χ1) is 11.1. The molecule has 23 heavy (non-hydrogen) atoms. The van der Waals surface area contributed by atoms with Crippen molar-refractivity contribution in [1.29, 1.82) is 0 Å². The molecular weight excluding hydrogens is 316 g/mol. The third kappa shape index (κ3) is 2.24. The molecule has 1 aromatic carbocycles. The number of hydrogen-bond acceptors (Lipinski definition) is 5. The summed E-state index contributed by atoms with van der Waals surface area (Å²) in [6.45, 7) is 1.74. The fourth-order valence-corrected chi connectivity index (χ4v) is 2.73. The van der Waals surface area contributed by atoms with Gasteiger partial charge in [-0.3, -0.25) is 0 Å². The molecule has 6 nitrogen and oxygen atoms in total. The van der Waals surface area contributed by atoms with E-state index in [1.165, 1.54) is 6.26 Å². The zero-order chi connectivity index (χ0) is 16.0. The van der Waals surface area contributed by atoms with E-state index in [1.54, 1.807) is 48.3 Å². The van der Waals surface area contributed by atoms with Crippen LogP contribution in [-0.2, 0) is 0 Å². The Kier molecular flexibility index (Phi) is 3.06. The summed E-state index contributed by atoms with van der Waals surface area (Å²) in [5, 5.41) is 16.1. The van der Waals surface area contributed by atoms with Gasteiger partial charge in [0.25, 0.3) is 0 Å². The Morgan fingerprint density at radius 3 is 2.83 bits per heavy atom. The number of fused-ring (bicyclic) bond motifs is 1. The number of rotatable bonds is 2. The number of halogens is 1. The summed E-state index contributed by atoms with van der Waals surface area (Å²) in [4.78, 5) is 8.55. The van der Waals surface area contributed by atoms with E-state index in [0.717, 1.165) is 5.39 Å². The Balaban J connectivity index is 2.16. The highest BCUT2D eigenvalue weighted by Crippen LogP contribution is 2.38. The summed E-state index contributed by atoms with van der Waals surface area (Å²) in [6.07, 6.45) is 4.92. The monoisotopic (exact) mass is 326 g/mol. The van der Waals surface area contributed by atoms with Crippen LogP contribution in [0.1, 0.15) is 5.89 Å². The van der Waals surface area contributed by atoms with Crippen molar-refractivity contribution < 1.29 is 9.52 Å². The standard InChI is InChI=1S/C16H11ClN4O2/c1-9-19-13(8-23-9)14-15(21-6-2-5-18-21)11-7-10(17)3-4-12(11)20-16(14)22/h2-8H,1H3,(H,20,22). The molecule has 0 atom stereocenters. The van der Waals surface area contributed by atoms with Crippen LogP contribution in [0.4, 0.5) is 0 Å². The van der Waals surface area contributed by atoms with Crippen LogP contribution in [0.15, 0.2) is 47.3 Å². The predicted molar refractivity (Wildman–Crippen MR) is 85.8 cm³/mol. The van der Waals surface area contributed by atoms with Crippen LogP contribution in [-0.4, -0.2) is 24.9 Å². The first kappa shape index (κ1) is 13.8. The molecule has 7 heteroatoms. The van der Waals surface area contributed by atoms with Crippen LogP contribution in [0.25, 0.3) is 27.8 Å². The molecule has 114 valence electrons. The molecule has 0 aliphatic rings. The molecule has 4 aromatic rings. The van der Waals surface area contributed by atoms with Gasteiger partial charge in [-0.1, -0.05) is 11.6 Å². The Bertz CT molecular complexity index is 1010. The van der Waals surface area contributed by atoms with Crippen molar-refractivity contribution in [3.05, 3.63) is 53.8 Å². The summed E-state index contributed by atoms with van der Waals surface area (Å²) in [6, 6.07) is 7.06. The van der Waals surface area contributed by atoms with Crippen molar-refractivity contribution in [3.63, 3.8) is 0 Å². The minimum absolute atomic E-state index is 0.140. The Labute approximate surface area is 136 Å². The van der Waals surface area contributed by atoms with E-state index in [9.17, 15) is 5.11 Å². The number of oxazole rings is 1. The SMILES string of the molecule is Cc1nc(-c2c(O)nc3ccc(Cl)cc3c2-n2cccn2)co1. The highest BCUT2D eigenvalue weighted by Gasteiger charge is 2.21. The lowest BCUT2D eigenvalue weighted by Gasteiger charge is -2.13. The molecule has 0 saturated heterocycles. The summed E-state index contributed by atoms with van der Waals surface area (Å²) < 4.78 is 6.93. The van der Waals surface area contributed by atoms with E-state index >= 15 is 0 Å². The maximum Gasteiger partial charge on any atom is 0.223 e. The second-order valence-corrected chi connectivity index (χ2v) is 5.46. The third-order valence-electron chi connectivity index (χ3n) is 3.51. The smallest absolute Gasteiger partial charge is 0.223 e. The number of pyridine rings is 1. The van der Waals surface area contributed by atoms with Gasteiger partial charge in [0.1, 0.15) is 12.0 Å². The summed E-state index contributed by atoms with van der Waals surface area (Å²) in [5.41, 5.74) is 2.19. The van der Waals surface area contributed by atoms with Gasteiger partial charge in [0.2, 0.25) is 5.88 Å². The number of aromatic hydroxyl groups is 1. The molecule has 0 radical (unpaired) electrons. The molecule has 0 aliphatic carbocycles. The van der Waals surface area contributed by atoms with E-state index in [-0.39, 0.29) is 5.88 Å². The fraction of sp³-hybridized carbons (Fsp3) is 0.0625. The van der Waals surface area contributed by atoms with E-state index in [2.05, 4.69) is 15.1 Å². The van der Waals surface area contributed by atoms with Gasteiger partial charge < -0.3 is 9.52 Å². The molecule has 4 rings (SSSR count). The van der Waals surface area contributed by atoms with E-state index in [4.69, 9.17) is 16.0 Å². The lowest BCUT2D eigenvalue weighted by Crippen LogP contribution is -2.01. The average Bonchev–Trinajstić information content (AvgIpc) is 3.18. The van der Waals surface area contributed by atoms with Crippen LogP contribution in [0.5, 0.6) is 5.88 Å². The number of hydrogen-bond donors (Lipinski definition) is 1. The maximum absolute atomic E-state index is 10.5. The molecule has 0 saturated carbocycles. The van der Waals surface area contributed by atoms with E-state index in [0.29, 0.717) is 33.4 Å². The molecule has 0 fully saturated rings. The number of aryl methyl sites for hydroxylation is 1. The molecule has 0 spiro atoms. The normalized spacial score (nSPS) is 11.2. The van der Waals surface area contributed by atoms with Gasteiger partial charge in [-0.15, -0.1) is 0 Å². The first-order valence-corrected chi connectivity index (χ1v) is 7.26. The fourth-order valence-electron chi connectivity index (χ4n) is 2.56. The topological polar surface area (TPSA) is 77.0 Å². The Hall–Kier alpha value is -2.86. The quantitative estimate of drug-likeness (QED) is 0.607. The third-order valence-corrected chi connectivity index (χ3v) is 3.74. The highest BCUT2D eigenvalue weighted by molar-refractivity contribution is 6.31. The zero-order valence-corrected chi connectivity index (χ0v) is 12.8. The molecule has 3 heterocycles. The minimum atomic E-state index is -0.140. The van der Waals surface area contributed by atoms with Crippen molar-refractivity contribution >= 4 is 22.5 Å². The van der Waals surface area contributed by atoms with Crippen LogP contribution < -0.4 is 0 Å². The first-order valence-electron chi connectivity index (χ1n) is 6.88. The highest BCUT2D eigenvalue weighted by atomic mass is 35.5. The van der Waals surface area contributed by atoms with Crippen LogP contribution in [0.2, 0.25) is 5.02 Å². The summed E-state index contributed by atoms with van der Waals surface area (Å²) >= 11 is 6.14. The van der Waals surface area contributed by atoms with Gasteiger partial charge in [0.05, 0.1) is 16.8 Å². The lowest BCUT2D eigenvalue weighted by atomic mass is 10.1. The number of benzene rings is 1. The molecule has 0 bridgehead atoms. The minimum Gasteiger partial charge on any atom is -0.493 e. The second-order valence-electron chi connectivity index (χ2n) is 5.02. The number of nitrogens with zero attached hydrogens (tertiary/aromatic N) is 4. The molecule has 1 N–H and O–H groups in total. The van der Waals surface area contributed by atoms with Gasteiger partial charge in [-0.2, -0.15) is 5.10 Å². The molecule has 0 amide bonds. The number of aromatic nitrogens is 4. The molecule has 0 unspecified atom stereocenters. The van der Waals surface area contributed by atoms with E-state index in [1.807, 2.05) is 0 Å².